The van der Waals surface area contributed by atoms with Crippen molar-refractivity contribution in [2.75, 3.05) is 44.3 Å². The van der Waals surface area contributed by atoms with Gasteiger partial charge in [0, 0.05) is 15.7 Å². The van der Waals surface area contributed by atoms with Crippen molar-refractivity contribution >= 4 is 63.1 Å². The Morgan fingerprint density at radius 3 is 2.50 bits per heavy atom. The van der Waals surface area contributed by atoms with Gasteiger partial charge in [-0.1, -0.05) is 47.2 Å². The highest BCUT2D eigenvalue weighted by Crippen LogP contribution is 2.22. The van der Waals surface area contributed by atoms with Crippen LogP contribution in [0.15, 0.2) is 18.2 Å². The Balaban J connectivity index is 1.78. The minimum atomic E-state index is -0.120. The maximum absolute atomic E-state index is 12.0. The minimum absolute atomic E-state index is 0.120. The number of quaternary nitrogens is 1. The number of hydrogen-bond acceptors (Lipinski definition) is 3. The highest BCUT2D eigenvalue weighted by atomic mass is 35.5. The fourth-order valence-corrected chi connectivity index (χ4v) is 3.69. The number of nitrogens with zero attached hydrogens (tertiary/aromatic N) is 1. The van der Waals surface area contributed by atoms with Gasteiger partial charge in [0.05, 0.1) is 39.0 Å². The molecule has 2 N–H and O–H groups in total. The second kappa shape index (κ2) is 8.36. The number of rotatable bonds is 3. The van der Waals surface area contributed by atoms with Crippen LogP contribution in [0.2, 0.25) is 10.0 Å². The van der Waals surface area contributed by atoms with Gasteiger partial charge in [-0.2, -0.15) is 0 Å². The molecular formula is C14H18Cl2N3OS2+. The molecule has 0 spiro atoms. The van der Waals surface area contributed by atoms with Crippen LogP contribution in [0.4, 0.5) is 5.69 Å². The Labute approximate surface area is 150 Å². The molecule has 0 saturated carbocycles. The lowest BCUT2D eigenvalue weighted by Gasteiger charge is -2.31. The van der Waals surface area contributed by atoms with E-state index in [4.69, 9.17) is 35.4 Å². The van der Waals surface area contributed by atoms with Crippen LogP contribution in [-0.2, 0) is 4.79 Å². The summed E-state index contributed by atoms with van der Waals surface area (Å²) in [5.74, 6) is 0.160. The summed E-state index contributed by atoms with van der Waals surface area (Å²) in [6, 6.07) is 4.95. The summed E-state index contributed by atoms with van der Waals surface area (Å²) in [6.45, 7) is 4.05. The van der Waals surface area contributed by atoms with E-state index in [9.17, 15) is 4.79 Å². The molecule has 1 aliphatic rings. The lowest BCUT2D eigenvalue weighted by atomic mass is 10.3. The molecule has 0 bridgehead atoms. The zero-order chi connectivity index (χ0) is 16.1. The molecular weight excluding hydrogens is 361 g/mol. The van der Waals surface area contributed by atoms with Gasteiger partial charge in [-0.05, 0) is 18.2 Å². The van der Waals surface area contributed by atoms with Crippen LogP contribution in [0.5, 0.6) is 0 Å². The first-order chi connectivity index (χ1) is 10.4. The number of thioether (sulfide) groups is 1. The van der Waals surface area contributed by atoms with E-state index in [1.807, 2.05) is 0 Å². The average Bonchev–Trinajstić information content (AvgIpc) is 2.44. The van der Waals surface area contributed by atoms with Crippen LogP contribution in [0.1, 0.15) is 0 Å². The Morgan fingerprint density at radius 1 is 1.32 bits per heavy atom. The summed E-state index contributed by atoms with van der Waals surface area (Å²) in [5, 5.41) is 3.76. The zero-order valence-electron chi connectivity index (χ0n) is 12.2. The molecule has 120 valence electrons. The van der Waals surface area contributed by atoms with Crippen molar-refractivity contribution in [3.63, 3.8) is 0 Å². The molecule has 1 aliphatic heterocycles. The first kappa shape index (κ1) is 17.8. The van der Waals surface area contributed by atoms with Gasteiger partial charge in [0.25, 0.3) is 0 Å². The third-order valence-corrected chi connectivity index (χ3v) is 5.31. The molecule has 22 heavy (non-hydrogen) atoms. The number of carbonyl (C=O) groups excluding carboxylic acids is 1. The molecule has 0 unspecified atom stereocenters. The number of carbonyl (C=O) groups is 1. The minimum Gasteiger partial charge on any atom is -0.346 e. The summed E-state index contributed by atoms with van der Waals surface area (Å²) in [6.07, 6.45) is 0. The van der Waals surface area contributed by atoms with E-state index in [0.29, 0.717) is 15.7 Å². The van der Waals surface area contributed by atoms with Crippen molar-refractivity contribution in [1.29, 1.82) is 0 Å². The fourth-order valence-electron chi connectivity index (χ4n) is 2.11. The number of piperazine rings is 1. The van der Waals surface area contributed by atoms with Crippen LogP contribution < -0.4 is 10.2 Å². The van der Waals surface area contributed by atoms with Crippen molar-refractivity contribution in [2.45, 2.75) is 0 Å². The number of halogens is 2. The lowest BCUT2D eigenvalue weighted by molar-refractivity contribution is -0.883. The van der Waals surface area contributed by atoms with Gasteiger partial charge >= 0.3 is 0 Å². The predicted molar refractivity (Wildman–Crippen MR) is 98.3 cm³/mol. The Kier molecular flexibility index (Phi) is 6.77. The third-order valence-electron chi connectivity index (χ3n) is 3.35. The Morgan fingerprint density at radius 2 is 1.91 bits per heavy atom. The first-order valence-electron chi connectivity index (χ1n) is 6.93. The summed E-state index contributed by atoms with van der Waals surface area (Å²) < 4.78 is 0.784. The molecule has 0 aromatic heterocycles. The molecule has 0 aliphatic carbocycles. The molecule has 1 aromatic carbocycles. The average molecular weight is 379 g/mol. The van der Waals surface area contributed by atoms with Crippen molar-refractivity contribution in [2.24, 2.45) is 0 Å². The quantitative estimate of drug-likeness (QED) is 0.786. The van der Waals surface area contributed by atoms with Gasteiger partial charge in [-0.3, -0.25) is 4.79 Å². The van der Waals surface area contributed by atoms with E-state index in [2.05, 4.69) is 17.3 Å². The topological polar surface area (TPSA) is 36.8 Å². The molecule has 1 aromatic rings. The number of amides is 1. The Hall–Kier alpha value is -0.530. The lowest BCUT2D eigenvalue weighted by Crippen LogP contribution is -3.12. The van der Waals surface area contributed by atoms with Crippen molar-refractivity contribution in [3.05, 3.63) is 28.2 Å². The third kappa shape index (κ3) is 5.59. The van der Waals surface area contributed by atoms with Gasteiger partial charge < -0.3 is 15.1 Å². The van der Waals surface area contributed by atoms with Crippen molar-refractivity contribution in [3.8, 4) is 0 Å². The predicted octanol–water partition coefficient (Wildman–Crippen LogP) is 1.78. The first-order valence-corrected chi connectivity index (χ1v) is 9.08. The Bertz CT molecular complexity index is 543. The van der Waals surface area contributed by atoms with Crippen molar-refractivity contribution < 1.29 is 9.69 Å². The molecule has 1 fully saturated rings. The van der Waals surface area contributed by atoms with E-state index in [0.717, 1.165) is 30.5 Å². The van der Waals surface area contributed by atoms with Gasteiger partial charge in [0.2, 0.25) is 5.91 Å². The van der Waals surface area contributed by atoms with Gasteiger partial charge in [0.1, 0.15) is 4.32 Å². The maximum atomic E-state index is 12.0. The largest absolute Gasteiger partial charge is 0.346 e. The number of hydrogen-bond donors (Lipinski definition) is 2. The number of likely N-dealkylation sites (N-methyl/N-ethyl adjacent to an activating group) is 1. The SMILES string of the molecule is C[NH+]1CCN(C(=S)SCC(=O)Nc2cc(Cl)cc(Cl)c2)CC1. The highest BCUT2D eigenvalue weighted by Gasteiger charge is 2.19. The number of nitrogens with one attached hydrogen (secondary N) is 2. The molecule has 1 heterocycles. The maximum Gasteiger partial charge on any atom is 0.234 e. The molecule has 0 atom stereocenters. The monoisotopic (exact) mass is 378 g/mol. The molecule has 2 rings (SSSR count). The summed E-state index contributed by atoms with van der Waals surface area (Å²) in [4.78, 5) is 15.7. The van der Waals surface area contributed by atoms with Crippen LogP contribution in [0.3, 0.4) is 0 Å². The zero-order valence-corrected chi connectivity index (χ0v) is 15.3. The van der Waals surface area contributed by atoms with Crippen molar-refractivity contribution in [1.82, 2.24) is 4.90 Å². The number of anilines is 1. The second-order valence-electron chi connectivity index (χ2n) is 5.21. The summed E-state index contributed by atoms with van der Waals surface area (Å²) >= 11 is 18.6. The van der Waals surface area contributed by atoms with E-state index >= 15 is 0 Å². The van der Waals surface area contributed by atoms with Crippen LogP contribution in [-0.4, -0.2) is 54.1 Å². The summed E-state index contributed by atoms with van der Waals surface area (Å²) in [7, 11) is 2.18. The highest BCUT2D eigenvalue weighted by molar-refractivity contribution is 8.23. The molecule has 1 amide bonds. The van der Waals surface area contributed by atoms with Crippen LogP contribution in [0.25, 0.3) is 0 Å². The van der Waals surface area contributed by atoms with E-state index in [1.165, 1.54) is 16.7 Å². The standard InChI is InChI=1S/C14H17Cl2N3OS2/c1-18-2-4-19(5-3-18)14(21)22-9-13(20)17-12-7-10(15)6-11(16)8-12/h6-8H,2-5,9H2,1H3,(H,17,20)/p+1. The molecule has 4 nitrogen and oxygen atoms in total. The van der Waals surface area contributed by atoms with Gasteiger partial charge in [-0.25, -0.2) is 0 Å². The van der Waals surface area contributed by atoms with Crippen LogP contribution in [0, 0.1) is 0 Å². The normalized spacial score (nSPS) is 15.7. The van der Waals surface area contributed by atoms with E-state index < -0.39 is 0 Å². The van der Waals surface area contributed by atoms with Crippen LogP contribution >= 0.6 is 47.2 Å². The molecule has 0 radical (unpaired) electrons. The van der Waals surface area contributed by atoms with E-state index in [-0.39, 0.29) is 11.7 Å². The smallest absolute Gasteiger partial charge is 0.234 e. The summed E-state index contributed by atoms with van der Waals surface area (Å²) in [5.41, 5.74) is 0.595. The second-order valence-corrected chi connectivity index (χ2v) is 7.69. The van der Waals surface area contributed by atoms with Gasteiger partial charge in [-0.15, -0.1) is 0 Å². The van der Waals surface area contributed by atoms with Gasteiger partial charge in [0.15, 0.2) is 0 Å². The van der Waals surface area contributed by atoms with E-state index in [1.54, 1.807) is 18.2 Å². The number of thiocarbonyl (C=S) groups is 1. The molecule has 1 saturated heterocycles. The fraction of sp³-hybridized carbons (Fsp3) is 0.429. The number of benzene rings is 1. The molecule has 8 heteroatoms.